The van der Waals surface area contributed by atoms with Crippen LogP contribution in [-0.2, 0) is 17.6 Å². The van der Waals surface area contributed by atoms with Gasteiger partial charge in [-0.3, -0.25) is 4.79 Å². The average molecular weight is 235 g/mol. The van der Waals surface area contributed by atoms with E-state index in [0.29, 0.717) is 6.42 Å². The van der Waals surface area contributed by atoms with Gasteiger partial charge in [-0.15, -0.1) is 0 Å². The molecule has 2 rings (SSSR count). The number of benzene rings is 1. The van der Waals surface area contributed by atoms with Crippen LogP contribution >= 0.6 is 0 Å². The molecular weight excluding hydrogens is 218 g/mol. The Labute approximate surface area is 100 Å². The quantitative estimate of drug-likeness (QED) is 0.826. The van der Waals surface area contributed by atoms with Crippen molar-refractivity contribution in [2.24, 2.45) is 5.73 Å². The smallest absolute Gasteiger partial charge is 0.304 e. The number of carbonyl (C=O) groups is 1. The predicted molar refractivity (Wildman–Crippen MR) is 64.2 cm³/mol. The highest BCUT2D eigenvalue weighted by molar-refractivity contribution is 5.67. The fourth-order valence-corrected chi connectivity index (χ4v) is 2.14. The van der Waals surface area contributed by atoms with Crippen LogP contribution < -0.4 is 10.5 Å². The van der Waals surface area contributed by atoms with Crippen molar-refractivity contribution in [3.05, 3.63) is 29.3 Å². The van der Waals surface area contributed by atoms with Gasteiger partial charge in [0.25, 0.3) is 0 Å². The highest BCUT2D eigenvalue weighted by Gasteiger charge is 2.13. The van der Waals surface area contributed by atoms with Crippen molar-refractivity contribution < 1.29 is 14.6 Å². The van der Waals surface area contributed by atoms with E-state index in [-0.39, 0.29) is 12.5 Å². The predicted octanol–water partition coefficient (Wildman–Crippen LogP) is 1.36. The number of hydrogen-bond acceptors (Lipinski definition) is 3. The molecule has 0 radical (unpaired) electrons. The third-order valence-corrected chi connectivity index (χ3v) is 2.91. The maximum absolute atomic E-state index is 10.5. The van der Waals surface area contributed by atoms with E-state index in [0.717, 1.165) is 30.8 Å². The topological polar surface area (TPSA) is 72.6 Å². The Morgan fingerprint density at radius 1 is 1.53 bits per heavy atom. The van der Waals surface area contributed by atoms with Gasteiger partial charge in [0.05, 0.1) is 13.0 Å². The summed E-state index contributed by atoms with van der Waals surface area (Å²) in [7, 11) is 0. The van der Waals surface area contributed by atoms with E-state index in [1.54, 1.807) is 0 Å². The molecule has 0 amide bonds. The molecular formula is C13H17NO3. The van der Waals surface area contributed by atoms with Crippen LogP contribution in [0.15, 0.2) is 18.2 Å². The van der Waals surface area contributed by atoms with E-state index in [2.05, 4.69) is 6.07 Å². The first kappa shape index (κ1) is 11.9. The van der Waals surface area contributed by atoms with Gasteiger partial charge >= 0.3 is 5.97 Å². The molecule has 0 aliphatic carbocycles. The van der Waals surface area contributed by atoms with E-state index in [4.69, 9.17) is 15.6 Å². The summed E-state index contributed by atoms with van der Waals surface area (Å²) in [6, 6.07) is 5.68. The summed E-state index contributed by atoms with van der Waals surface area (Å²) in [5.74, 6) is 0.102. The molecule has 0 aromatic heterocycles. The fourth-order valence-electron chi connectivity index (χ4n) is 2.14. The molecule has 3 N–H and O–H groups in total. The second kappa shape index (κ2) is 5.19. The largest absolute Gasteiger partial charge is 0.493 e. The molecule has 17 heavy (non-hydrogen) atoms. The zero-order valence-corrected chi connectivity index (χ0v) is 9.69. The zero-order chi connectivity index (χ0) is 12.3. The molecule has 0 saturated heterocycles. The summed E-state index contributed by atoms with van der Waals surface area (Å²) in [6.07, 6.45) is 2.67. The second-order valence-electron chi connectivity index (χ2n) is 4.46. The summed E-state index contributed by atoms with van der Waals surface area (Å²) >= 11 is 0. The molecule has 1 heterocycles. The SMILES string of the molecule is NC(CC(=O)O)Cc1ccc2c(c1)CCCO2. The number of fused-ring (bicyclic) bond motifs is 1. The van der Waals surface area contributed by atoms with Crippen LogP contribution in [0, 0.1) is 0 Å². The van der Waals surface area contributed by atoms with E-state index in [1.165, 1.54) is 5.56 Å². The fraction of sp³-hybridized carbons (Fsp3) is 0.462. The third kappa shape index (κ3) is 3.20. The van der Waals surface area contributed by atoms with Gasteiger partial charge < -0.3 is 15.6 Å². The normalized spacial score (nSPS) is 15.8. The van der Waals surface area contributed by atoms with E-state index >= 15 is 0 Å². The number of ether oxygens (including phenoxy) is 1. The molecule has 1 aliphatic heterocycles. The van der Waals surface area contributed by atoms with Gasteiger partial charge in [0.2, 0.25) is 0 Å². The van der Waals surface area contributed by atoms with Crippen molar-refractivity contribution in [2.75, 3.05) is 6.61 Å². The highest BCUT2D eigenvalue weighted by atomic mass is 16.5. The van der Waals surface area contributed by atoms with Crippen LogP contribution in [0.2, 0.25) is 0 Å². The molecule has 1 unspecified atom stereocenters. The molecule has 1 aromatic carbocycles. The van der Waals surface area contributed by atoms with Crippen LogP contribution in [0.1, 0.15) is 24.0 Å². The Kier molecular flexibility index (Phi) is 3.64. The van der Waals surface area contributed by atoms with E-state index in [1.807, 2.05) is 12.1 Å². The number of aliphatic carboxylic acids is 1. The van der Waals surface area contributed by atoms with Crippen molar-refractivity contribution in [1.29, 1.82) is 0 Å². The lowest BCUT2D eigenvalue weighted by Crippen LogP contribution is -2.26. The van der Waals surface area contributed by atoms with Gasteiger partial charge in [0.15, 0.2) is 0 Å². The van der Waals surface area contributed by atoms with Gasteiger partial charge in [-0.05, 0) is 36.5 Å². The number of carboxylic acid groups (broad SMARTS) is 1. The van der Waals surface area contributed by atoms with Crippen molar-refractivity contribution in [1.82, 2.24) is 0 Å². The minimum absolute atomic E-state index is 0.00752. The number of hydrogen-bond donors (Lipinski definition) is 2. The summed E-state index contributed by atoms with van der Waals surface area (Å²) in [4.78, 5) is 10.5. The van der Waals surface area contributed by atoms with Crippen LogP contribution in [0.25, 0.3) is 0 Å². The first-order valence-corrected chi connectivity index (χ1v) is 5.87. The average Bonchev–Trinajstić information content (AvgIpc) is 2.27. The molecule has 0 saturated carbocycles. The highest BCUT2D eigenvalue weighted by Crippen LogP contribution is 2.25. The van der Waals surface area contributed by atoms with Gasteiger partial charge in [0.1, 0.15) is 5.75 Å². The molecule has 0 fully saturated rings. The first-order chi connectivity index (χ1) is 8.15. The Bertz CT molecular complexity index is 417. The van der Waals surface area contributed by atoms with E-state index in [9.17, 15) is 4.79 Å². The Morgan fingerprint density at radius 2 is 2.35 bits per heavy atom. The number of rotatable bonds is 4. The maximum Gasteiger partial charge on any atom is 0.304 e. The molecule has 0 bridgehead atoms. The van der Waals surface area contributed by atoms with Crippen molar-refractivity contribution in [3.8, 4) is 5.75 Å². The molecule has 1 aromatic rings. The van der Waals surface area contributed by atoms with Crippen molar-refractivity contribution in [3.63, 3.8) is 0 Å². The Morgan fingerprint density at radius 3 is 3.12 bits per heavy atom. The minimum Gasteiger partial charge on any atom is -0.493 e. The zero-order valence-electron chi connectivity index (χ0n) is 9.69. The summed E-state index contributed by atoms with van der Waals surface area (Å²) in [5.41, 5.74) is 8.06. The van der Waals surface area contributed by atoms with Crippen LogP contribution in [0.3, 0.4) is 0 Å². The molecule has 4 heteroatoms. The molecule has 1 atom stereocenters. The van der Waals surface area contributed by atoms with Gasteiger partial charge in [-0.25, -0.2) is 0 Å². The first-order valence-electron chi connectivity index (χ1n) is 5.87. The third-order valence-electron chi connectivity index (χ3n) is 2.91. The van der Waals surface area contributed by atoms with Crippen molar-refractivity contribution >= 4 is 5.97 Å². The number of carboxylic acids is 1. The van der Waals surface area contributed by atoms with Gasteiger partial charge in [0, 0.05) is 6.04 Å². The lowest BCUT2D eigenvalue weighted by atomic mass is 9.98. The van der Waals surface area contributed by atoms with Crippen LogP contribution in [0.5, 0.6) is 5.75 Å². The molecule has 92 valence electrons. The lowest BCUT2D eigenvalue weighted by Gasteiger charge is -2.18. The monoisotopic (exact) mass is 235 g/mol. The Hall–Kier alpha value is -1.55. The summed E-state index contributed by atoms with van der Waals surface area (Å²) in [5, 5.41) is 8.65. The molecule has 1 aliphatic rings. The maximum atomic E-state index is 10.5. The summed E-state index contributed by atoms with van der Waals surface area (Å²) in [6.45, 7) is 0.783. The molecule has 4 nitrogen and oxygen atoms in total. The second-order valence-corrected chi connectivity index (χ2v) is 4.46. The van der Waals surface area contributed by atoms with Gasteiger partial charge in [-0.2, -0.15) is 0 Å². The van der Waals surface area contributed by atoms with E-state index < -0.39 is 5.97 Å². The Balaban J connectivity index is 2.04. The number of nitrogens with two attached hydrogens (primary N) is 1. The number of aryl methyl sites for hydroxylation is 1. The molecule has 0 spiro atoms. The lowest BCUT2D eigenvalue weighted by molar-refractivity contribution is -0.137. The van der Waals surface area contributed by atoms with Crippen molar-refractivity contribution in [2.45, 2.75) is 31.7 Å². The van der Waals surface area contributed by atoms with Gasteiger partial charge in [-0.1, -0.05) is 12.1 Å². The van der Waals surface area contributed by atoms with Crippen LogP contribution in [-0.4, -0.2) is 23.7 Å². The summed E-state index contributed by atoms with van der Waals surface area (Å²) < 4.78 is 5.52. The standard InChI is InChI=1S/C13H17NO3/c14-11(8-13(15)16)7-9-3-4-12-10(6-9)2-1-5-17-12/h3-4,6,11H,1-2,5,7-8,14H2,(H,15,16). The minimum atomic E-state index is -0.848. The van der Waals surface area contributed by atoms with Crippen LogP contribution in [0.4, 0.5) is 0 Å².